The first-order valence-electron chi connectivity index (χ1n) is 8.72. The lowest BCUT2D eigenvalue weighted by Crippen LogP contribution is -2.30. The fourth-order valence-electron chi connectivity index (χ4n) is 3.03. The van der Waals surface area contributed by atoms with E-state index < -0.39 is 0 Å². The summed E-state index contributed by atoms with van der Waals surface area (Å²) in [5, 5.41) is 6.71. The largest absolute Gasteiger partial charge is 0.325 e. The van der Waals surface area contributed by atoms with Gasteiger partial charge in [0, 0.05) is 35.4 Å². The molecule has 2 aromatic carbocycles. The van der Waals surface area contributed by atoms with Crippen LogP contribution < -0.4 is 15.5 Å². The van der Waals surface area contributed by atoms with Crippen LogP contribution in [0.5, 0.6) is 0 Å². The Balaban J connectivity index is 1.52. The monoisotopic (exact) mass is 371 g/mol. The van der Waals surface area contributed by atoms with Crippen molar-refractivity contribution < 1.29 is 9.59 Å². The molecule has 0 radical (unpaired) electrons. The van der Waals surface area contributed by atoms with Gasteiger partial charge in [-0.2, -0.15) is 0 Å². The van der Waals surface area contributed by atoms with Gasteiger partial charge in [-0.15, -0.1) is 0 Å². The third kappa shape index (κ3) is 4.42. The number of benzene rings is 2. The Labute approximate surface area is 158 Å². The molecule has 0 saturated carbocycles. The van der Waals surface area contributed by atoms with Crippen molar-refractivity contribution in [2.24, 2.45) is 0 Å². The van der Waals surface area contributed by atoms with Crippen molar-refractivity contribution in [2.75, 3.05) is 23.3 Å². The van der Waals surface area contributed by atoms with Crippen LogP contribution in [0.1, 0.15) is 31.4 Å². The van der Waals surface area contributed by atoms with Crippen molar-refractivity contribution in [3.05, 3.63) is 59.1 Å². The maximum absolute atomic E-state index is 12.2. The zero-order valence-corrected chi connectivity index (χ0v) is 15.4. The van der Waals surface area contributed by atoms with E-state index in [1.54, 1.807) is 4.90 Å². The van der Waals surface area contributed by atoms with Gasteiger partial charge in [-0.1, -0.05) is 29.8 Å². The maximum atomic E-state index is 12.2. The molecule has 1 aliphatic rings. The second-order valence-electron chi connectivity index (χ2n) is 6.37. The van der Waals surface area contributed by atoms with Crippen molar-refractivity contribution >= 4 is 34.8 Å². The molecule has 5 nitrogen and oxygen atoms in total. The van der Waals surface area contributed by atoms with Crippen LogP contribution in [0.2, 0.25) is 5.02 Å². The molecule has 26 heavy (non-hydrogen) atoms. The number of anilines is 2. The molecule has 0 bridgehead atoms. The Hall–Kier alpha value is -2.37. The van der Waals surface area contributed by atoms with Crippen LogP contribution in [0.15, 0.2) is 48.5 Å². The van der Waals surface area contributed by atoms with Gasteiger partial charge in [0.05, 0.1) is 6.54 Å². The van der Waals surface area contributed by atoms with E-state index in [0.29, 0.717) is 17.1 Å². The topological polar surface area (TPSA) is 61.4 Å². The van der Waals surface area contributed by atoms with Crippen LogP contribution in [0.4, 0.5) is 11.4 Å². The maximum Gasteiger partial charge on any atom is 0.238 e. The zero-order valence-electron chi connectivity index (χ0n) is 14.7. The fourth-order valence-corrected chi connectivity index (χ4v) is 3.33. The minimum atomic E-state index is -0.131. The highest BCUT2D eigenvalue weighted by Gasteiger charge is 2.21. The summed E-state index contributed by atoms with van der Waals surface area (Å²) < 4.78 is 0. The molecule has 1 saturated heterocycles. The summed E-state index contributed by atoms with van der Waals surface area (Å²) in [6, 6.07) is 14.9. The predicted octanol–water partition coefficient (Wildman–Crippen LogP) is 3.76. The molecule has 136 valence electrons. The molecule has 1 atom stereocenters. The van der Waals surface area contributed by atoms with E-state index in [9.17, 15) is 9.59 Å². The van der Waals surface area contributed by atoms with Crippen LogP contribution in [-0.4, -0.2) is 24.9 Å². The van der Waals surface area contributed by atoms with Crippen molar-refractivity contribution in [1.82, 2.24) is 5.32 Å². The SMILES string of the molecule is CC(NCC(=O)Nc1ccc(N2CCCC2=O)cc1)c1ccccc1Cl. The van der Waals surface area contributed by atoms with E-state index in [4.69, 9.17) is 11.6 Å². The van der Waals surface area contributed by atoms with E-state index in [2.05, 4.69) is 10.6 Å². The van der Waals surface area contributed by atoms with E-state index in [1.165, 1.54) is 0 Å². The highest BCUT2D eigenvalue weighted by Crippen LogP contribution is 2.23. The van der Waals surface area contributed by atoms with Crippen LogP contribution in [-0.2, 0) is 9.59 Å². The van der Waals surface area contributed by atoms with Crippen LogP contribution in [0.3, 0.4) is 0 Å². The van der Waals surface area contributed by atoms with Crippen LogP contribution in [0.25, 0.3) is 0 Å². The average molecular weight is 372 g/mol. The number of rotatable bonds is 6. The summed E-state index contributed by atoms with van der Waals surface area (Å²) in [6.45, 7) is 2.91. The Kier molecular flexibility index (Phi) is 5.91. The fraction of sp³-hybridized carbons (Fsp3) is 0.300. The number of hydrogen-bond donors (Lipinski definition) is 2. The Morgan fingerprint density at radius 3 is 2.58 bits per heavy atom. The Morgan fingerprint density at radius 2 is 1.92 bits per heavy atom. The number of carbonyl (C=O) groups excluding carboxylic acids is 2. The van der Waals surface area contributed by atoms with Gasteiger partial charge in [0.2, 0.25) is 11.8 Å². The van der Waals surface area contributed by atoms with Crippen molar-refractivity contribution in [3.8, 4) is 0 Å². The van der Waals surface area contributed by atoms with E-state index in [-0.39, 0.29) is 24.4 Å². The number of carbonyl (C=O) groups is 2. The quantitative estimate of drug-likeness (QED) is 0.812. The molecule has 2 amide bonds. The second-order valence-corrected chi connectivity index (χ2v) is 6.78. The van der Waals surface area contributed by atoms with Crippen LogP contribution in [0, 0.1) is 0 Å². The molecule has 2 N–H and O–H groups in total. The number of amides is 2. The summed E-state index contributed by atoms with van der Waals surface area (Å²) in [5.41, 5.74) is 2.54. The first-order chi connectivity index (χ1) is 12.5. The number of nitrogens with one attached hydrogen (secondary N) is 2. The van der Waals surface area contributed by atoms with E-state index in [1.807, 2.05) is 55.5 Å². The van der Waals surface area contributed by atoms with Gasteiger partial charge in [-0.05, 0) is 49.2 Å². The highest BCUT2D eigenvalue weighted by molar-refractivity contribution is 6.31. The normalized spacial score (nSPS) is 15.2. The zero-order chi connectivity index (χ0) is 18.5. The Morgan fingerprint density at radius 1 is 1.19 bits per heavy atom. The molecule has 1 aliphatic heterocycles. The molecule has 0 aromatic heterocycles. The highest BCUT2D eigenvalue weighted by atomic mass is 35.5. The number of hydrogen-bond acceptors (Lipinski definition) is 3. The van der Waals surface area contributed by atoms with Gasteiger partial charge in [-0.3, -0.25) is 9.59 Å². The van der Waals surface area contributed by atoms with Crippen molar-refractivity contribution in [1.29, 1.82) is 0 Å². The van der Waals surface area contributed by atoms with Gasteiger partial charge in [0.15, 0.2) is 0 Å². The lowest BCUT2D eigenvalue weighted by Gasteiger charge is -2.17. The van der Waals surface area contributed by atoms with Gasteiger partial charge >= 0.3 is 0 Å². The molecule has 1 unspecified atom stereocenters. The Bertz CT molecular complexity index is 792. The number of halogens is 1. The van der Waals surface area contributed by atoms with Gasteiger partial charge < -0.3 is 15.5 Å². The minimum Gasteiger partial charge on any atom is -0.325 e. The molecular weight excluding hydrogens is 350 g/mol. The average Bonchev–Trinajstić information content (AvgIpc) is 3.07. The standard InChI is InChI=1S/C20H22ClN3O2/c1-14(17-5-2-3-6-18(17)21)22-13-19(25)23-15-8-10-16(11-9-15)24-12-4-7-20(24)26/h2-3,5-6,8-11,14,22H,4,7,12-13H2,1H3,(H,23,25). The smallest absolute Gasteiger partial charge is 0.238 e. The summed E-state index contributed by atoms with van der Waals surface area (Å²) in [4.78, 5) is 25.7. The predicted molar refractivity (Wildman–Crippen MR) is 105 cm³/mol. The van der Waals surface area contributed by atoms with Crippen molar-refractivity contribution in [3.63, 3.8) is 0 Å². The number of nitrogens with zero attached hydrogens (tertiary/aromatic N) is 1. The lowest BCUT2D eigenvalue weighted by molar-refractivity contribution is -0.117. The minimum absolute atomic E-state index is 0.0296. The van der Waals surface area contributed by atoms with Crippen LogP contribution >= 0.6 is 11.6 Å². The van der Waals surface area contributed by atoms with Gasteiger partial charge in [-0.25, -0.2) is 0 Å². The first-order valence-corrected chi connectivity index (χ1v) is 9.10. The molecule has 0 spiro atoms. The van der Waals surface area contributed by atoms with E-state index in [0.717, 1.165) is 24.2 Å². The lowest BCUT2D eigenvalue weighted by atomic mass is 10.1. The summed E-state index contributed by atoms with van der Waals surface area (Å²) in [6.07, 6.45) is 1.50. The second kappa shape index (κ2) is 8.34. The molecule has 0 aliphatic carbocycles. The summed E-state index contributed by atoms with van der Waals surface area (Å²) in [7, 11) is 0. The van der Waals surface area contributed by atoms with E-state index >= 15 is 0 Å². The molecule has 6 heteroatoms. The molecule has 1 heterocycles. The van der Waals surface area contributed by atoms with Crippen molar-refractivity contribution in [2.45, 2.75) is 25.8 Å². The summed E-state index contributed by atoms with van der Waals surface area (Å²) >= 11 is 6.17. The van der Waals surface area contributed by atoms with Gasteiger partial charge in [0.25, 0.3) is 0 Å². The van der Waals surface area contributed by atoms with Gasteiger partial charge in [0.1, 0.15) is 0 Å². The summed E-state index contributed by atoms with van der Waals surface area (Å²) in [5.74, 6) is 0.0217. The molecule has 2 aromatic rings. The third-order valence-electron chi connectivity index (χ3n) is 4.48. The molecular formula is C20H22ClN3O2. The first kappa shape index (κ1) is 18.4. The molecule has 3 rings (SSSR count). The molecule has 1 fully saturated rings. The third-order valence-corrected chi connectivity index (χ3v) is 4.82.